The van der Waals surface area contributed by atoms with E-state index in [1.165, 1.54) is 0 Å². The molecule has 1 aliphatic heterocycles. The lowest BCUT2D eigenvalue weighted by Gasteiger charge is -2.32. The zero-order valence-corrected chi connectivity index (χ0v) is 18.1. The predicted molar refractivity (Wildman–Crippen MR) is 112 cm³/mol. The monoisotopic (exact) mass is 423 g/mol. The molecule has 1 saturated heterocycles. The number of piperidine rings is 1. The highest BCUT2D eigenvalue weighted by Gasteiger charge is 2.24. The van der Waals surface area contributed by atoms with Crippen LogP contribution in [-0.2, 0) is 20.7 Å². The molecule has 2 rings (SSSR count). The summed E-state index contributed by atoms with van der Waals surface area (Å²) in [6.07, 6.45) is 1.75. The summed E-state index contributed by atoms with van der Waals surface area (Å²) >= 11 is 6.12. The van der Waals surface area contributed by atoms with Crippen molar-refractivity contribution in [2.45, 2.75) is 58.1 Å². The van der Waals surface area contributed by atoms with Crippen LogP contribution in [0.3, 0.4) is 0 Å². The highest BCUT2D eigenvalue weighted by Crippen LogP contribution is 2.17. The second-order valence-electron chi connectivity index (χ2n) is 8.17. The average Bonchev–Trinajstić information content (AvgIpc) is 2.65. The highest BCUT2D eigenvalue weighted by molar-refractivity contribution is 6.31. The lowest BCUT2D eigenvalue weighted by Crippen LogP contribution is -2.49. The van der Waals surface area contributed by atoms with E-state index in [1.54, 1.807) is 25.7 Å². The Labute approximate surface area is 177 Å². The number of carbonyl (C=O) groups excluding carboxylic acids is 3. The molecule has 0 bridgehead atoms. The molecule has 1 aromatic rings. The summed E-state index contributed by atoms with van der Waals surface area (Å²) in [7, 11) is 0. The van der Waals surface area contributed by atoms with Crippen molar-refractivity contribution < 1.29 is 19.1 Å². The molecule has 0 aromatic heterocycles. The van der Waals surface area contributed by atoms with Gasteiger partial charge in [0.15, 0.2) is 0 Å². The molecule has 0 radical (unpaired) electrons. The molecule has 0 spiro atoms. The first-order valence-corrected chi connectivity index (χ1v) is 10.3. The van der Waals surface area contributed by atoms with E-state index in [1.807, 2.05) is 24.3 Å². The molecule has 1 heterocycles. The number of carbonyl (C=O) groups is 3. The van der Waals surface area contributed by atoms with Crippen LogP contribution in [0, 0.1) is 0 Å². The first-order chi connectivity index (χ1) is 13.6. The number of benzene rings is 1. The van der Waals surface area contributed by atoms with E-state index in [9.17, 15) is 14.4 Å². The number of nitrogens with one attached hydrogen (secondary N) is 2. The fourth-order valence-electron chi connectivity index (χ4n) is 3.10. The second-order valence-corrected chi connectivity index (χ2v) is 8.58. The van der Waals surface area contributed by atoms with Crippen molar-refractivity contribution in [1.82, 2.24) is 15.5 Å². The second kappa shape index (κ2) is 10.5. The van der Waals surface area contributed by atoms with Gasteiger partial charge in [-0.1, -0.05) is 29.8 Å². The lowest BCUT2D eigenvalue weighted by atomic mass is 10.0. The van der Waals surface area contributed by atoms with Gasteiger partial charge in [-0.25, -0.2) is 4.79 Å². The van der Waals surface area contributed by atoms with Gasteiger partial charge in [-0.2, -0.15) is 0 Å². The summed E-state index contributed by atoms with van der Waals surface area (Å²) in [5.74, 6) is -0.166. The molecule has 0 saturated carbocycles. The van der Waals surface area contributed by atoms with Crippen molar-refractivity contribution in [3.05, 3.63) is 34.9 Å². The maximum absolute atomic E-state index is 12.2. The Morgan fingerprint density at radius 3 is 2.45 bits per heavy atom. The number of aryl methyl sites for hydroxylation is 1. The van der Waals surface area contributed by atoms with E-state index >= 15 is 0 Å². The smallest absolute Gasteiger partial charge is 0.408 e. The number of nitrogens with zero attached hydrogens (tertiary/aromatic N) is 1. The molecule has 29 heavy (non-hydrogen) atoms. The van der Waals surface area contributed by atoms with Crippen LogP contribution in [0.1, 0.15) is 45.6 Å². The summed E-state index contributed by atoms with van der Waals surface area (Å²) in [5.41, 5.74) is 0.359. The minimum atomic E-state index is -0.605. The molecule has 7 nitrogen and oxygen atoms in total. The van der Waals surface area contributed by atoms with Crippen molar-refractivity contribution in [3.8, 4) is 0 Å². The molecule has 1 aliphatic rings. The molecular formula is C21H30ClN3O4. The van der Waals surface area contributed by atoms with Crippen molar-refractivity contribution in [1.29, 1.82) is 0 Å². The van der Waals surface area contributed by atoms with Gasteiger partial charge in [-0.15, -0.1) is 0 Å². The van der Waals surface area contributed by atoms with Gasteiger partial charge in [0.1, 0.15) is 12.1 Å². The summed E-state index contributed by atoms with van der Waals surface area (Å²) in [5, 5.41) is 6.19. The van der Waals surface area contributed by atoms with Gasteiger partial charge in [-0.05, 0) is 51.7 Å². The normalized spacial score (nSPS) is 15.0. The van der Waals surface area contributed by atoms with Crippen LogP contribution >= 0.6 is 11.6 Å². The van der Waals surface area contributed by atoms with E-state index in [-0.39, 0.29) is 24.4 Å². The van der Waals surface area contributed by atoms with Crippen LogP contribution in [-0.4, -0.2) is 54.1 Å². The fraction of sp³-hybridized carbons (Fsp3) is 0.571. The van der Waals surface area contributed by atoms with Gasteiger partial charge in [0.2, 0.25) is 11.8 Å². The first-order valence-electron chi connectivity index (χ1n) is 9.91. The van der Waals surface area contributed by atoms with E-state index in [2.05, 4.69) is 10.6 Å². The summed E-state index contributed by atoms with van der Waals surface area (Å²) in [6, 6.07) is 7.56. The van der Waals surface area contributed by atoms with Crippen LogP contribution in [0.25, 0.3) is 0 Å². The largest absolute Gasteiger partial charge is 0.444 e. The van der Waals surface area contributed by atoms with Crippen LogP contribution in [0.5, 0.6) is 0 Å². The van der Waals surface area contributed by atoms with E-state index in [0.717, 1.165) is 5.56 Å². The van der Waals surface area contributed by atoms with Crippen molar-refractivity contribution in [3.63, 3.8) is 0 Å². The summed E-state index contributed by atoms with van der Waals surface area (Å²) in [6.45, 7) is 6.30. The Morgan fingerprint density at radius 2 is 1.83 bits per heavy atom. The molecule has 1 aromatic carbocycles. The van der Waals surface area contributed by atoms with Crippen LogP contribution < -0.4 is 10.6 Å². The average molecular weight is 424 g/mol. The standard InChI is InChI=1S/C21H30ClN3O4/c1-21(2,3)29-20(28)23-14-19(27)25-12-10-16(11-13-25)24-18(26)9-8-15-6-4-5-7-17(15)22/h4-7,16H,8-14H2,1-3H3,(H,23,28)(H,24,26). The maximum Gasteiger partial charge on any atom is 0.408 e. The first kappa shape index (κ1) is 23.0. The Balaban J connectivity index is 1.66. The van der Waals surface area contributed by atoms with E-state index < -0.39 is 11.7 Å². The van der Waals surface area contributed by atoms with E-state index in [0.29, 0.717) is 43.8 Å². The van der Waals surface area contributed by atoms with Crippen LogP contribution in [0.2, 0.25) is 5.02 Å². The van der Waals surface area contributed by atoms with E-state index in [4.69, 9.17) is 16.3 Å². The topological polar surface area (TPSA) is 87.7 Å². The van der Waals surface area contributed by atoms with Gasteiger partial charge in [0.25, 0.3) is 0 Å². The number of hydrogen-bond acceptors (Lipinski definition) is 4. The van der Waals surface area contributed by atoms with Gasteiger partial charge >= 0.3 is 6.09 Å². The van der Waals surface area contributed by atoms with Gasteiger partial charge < -0.3 is 20.3 Å². The predicted octanol–water partition coefficient (Wildman–Crippen LogP) is 2.90. The Kier molecular flexibility index (Phi) is 8.32. The summed E-state index contributed by atoms with van der Waals surface area (Å²) in [4.78, 5) is 37.8. The SMILES string of the molecule is CC(C)(C)OC(=O)NCC(=O)N1CCC(NC(=O)CCc2ccccc2Cl)CC1. The molecule has 8 heteroatoms. The summed E-state index contributed by atoms with van der Waals surface area (Å²) < 4.78 is 5.12. The third-order valence-electron chi connectivity index (χ3n) is 4.57. The van der Waals surface area contributed by atoms with Gasteiger partial charge in [-0.3, -0.25) is 9.59 Å². The zero-order chi connectivity index (χ0) is 21.4. The fourth-order valence-corrected chi connectivity index (χ4v) is 3.33. The van der Waals surface area contributed by atoms with Crippen molar-refractivity contribution >= 4 is 29.5 Å². The van der Waals surface area contributed by atoms with Crippen molar-refractivity contribution in [2.75, 3.05) is 19.6 Å². The number of likely N-dealkylation sites (tertiary alicyclic amines) is 1. The number of amides is 3. The molecule has 0 aliphatic carbocycles. The molecule has 1 fully saturated rings. The van der Waals surface area contributed by atoms with Crippen LogP contribution in [0.4, 0.5) is 4.79 Å². The molecule has 2 N–H and O–H groups in total. The number of hydrogen-bond donors (Lipinski definition) is 2. The number of rotatable bonds is 6. The third kappa shape index (κ3) is 8.31. The minimum Gasteiger partial charge on any atom is -0.444 e. The maximum atomic E-state index is 12.2. The number of halogens is 1. The van der Waals surface area contributed by atoms with Crippen LogP contribution in [0.15, 0.2) is 24.3 Å². The third-order valence-corrected chi connectivity index (χ3v) is 4.94. The highest BCUT2D eigenvalue weighted by atomic mass is 35.5. The lowest BCUT2D eigenvalue weighted by molar-refractivity contribution is -0.131. The van der Waals surface area contributed by atoms with Crippen molar-refractivity contribution in [2.24, 2.45) is 0 Å². The van der Waals surface area contributed by atoms with Gasteiger partial charge in [0.05, 0.1) is 0 Å². The Hall–Kier alpha value is -2.28. The number of ether oxygens (including phenoxy) is 1. The molecular weight excluding hydrogens is 394 g/mol. The molecule has 3 amide bonds. The molecule has 160 valence electrons. The minimum absolute atomic E-state index is 0.0127. The number of alkyl carbamates (subject to hydrolysis) is 1. The van der Waals surface area contributed by atoms with Gasteiger partial charge in [0, 0.05) is 30.6 Å². The Morgan fingerprint density at radius 1 is 1.17 bits per heavy atom. The quantitative estimate of drug-likeness (QED) is 0.736. The Bertz CT molecular complexity index is 725. The molecule has 0 atom stereocenters. The zero-order valence-electron chi connectivity index (χ0n) is 17.3. The molecule has 0 unspecified atom stereocenters.